The summed E-state index contributed by atoms with van der Waals surface area (Å²) in [7, 11) is 1.54. The summed E-state index contributed by atoms with van der Waals surface area (Å²) < 4.78 is 21.4. The Kier molecular flexibility index (Phi) is 34.4. The van der Waals surface area contributed by atoms with Gasteiger partial charge in [-0.15, -0.1) is 0 Å². The lowest BCUT2D eigenvalue weighted by Crippen LogP contribution is -2.29. The van der Waals surface area contributed by atoms with Crippen LogP contribution in [-0.4, -0.2) is 45.2 Å². The van der Waals surface area contributed by atoms with Gasteiger partial charge in [0.1, 0.15) is 26.1 Å². The quantitative estimate of drug-likeness (QED) is 0.0403. The monoisotopic (exact) mass is 613 g/mol. The minimum Gasteiger partial charge on any atom is -0.463 e. The average molecular weight is 613 g/mol. The van der Waals surface area contributed by atoms with Gasteiger partial charge >= 0.3 is 11.9 Å². The molecule has 0 atom stereocenters. The molecule has 0 bridgehead atoms. The largest absolute Gasteiger partial charge is 0.463 e. The van der Waals surface area contributed by atoms with Gasteiger partial charge in [-0.2, -0.15) is 0 Å². The van der Waals surface area contributed by atoms with Crippen molar-refractivity contribution in [2.75, 3.05) is 27.1 Å². The van der Waals surface area contributed by atoms with Crippen LogP contribution < -0.4 is 0 Å². The van der Waals surface area contributed by atoms with Crippen molar-refractivity contribution in [3.63, 3.8) is 0 Å². The molecule has 0 aliphatic rings. The zero-order valence-corrected chi connectivity index (χ0v) is 28.9. The van der Waals surface area contributed by atoms with Gasteiger partial charge in [0.05, 0.1) is 0 Å². The molecule has 0 N–H and O–H groups in total. The molecule has 256 valence electrons. The van der Waals surface area contributed by atoms with E-state index < -0.39 is 6.10 Å². The summed E-state index contributed by atoms with van der Waals surface area (Å²) >= 11 is 0. The molecule has 0 aromatic rings. The van der Waals surface area contributed by atoms with E-state index in [9.17, 15) is 9.59 Å². The second-order valence-electron chi connectivity index (χ2n) is 12.5. The molecule has 0 aromatic heterocycles. The van der Waals surface area contributed by atoms with Crippen LogP contribution in [0, 0.1) is 0 Å². The van der Waals surface area contributed by atoms with Crippen molar-refractivity contribution in [3.8, 4) is 0 Å². The predicted molar refractivity (Wildman–Crippen MR) is 179 cm³/mol. The molecule has 43 heavy (non-hydrogen) atoms. The number of unbranched alkanes of at least 4 members (excludes halogenated alkanes) is 24. The maximum absolute atomic E-state index is 12.2. The van der Waals surface area contributed by atoms with Crippen LogP contribution in [0.15, 0.2) is 0 Å². The summed E-state index contributed by atoms with van der Waals surface area (Å²) in [6.07, 6.45) is 33.5. The van der Waals surface area contributed by atoms with Crippen LogP contribution in [0.25, 0.3) is 0 Å². The molecule has 0 spiro atoms. The van der Waals surface area contributed by atoms with E-state index in [1.54, 1.807) is 7.11 Å². The Morgan fingerprint density at radius 2 is 0.721 bits per heavy atom. The molecule has 0 saturated heterocycles. The van der Waals surface area contributed by atoms with Crippen LogP contribution in [0.5, 0.6) is 0 Å². The Hall–Kier alpha value is -1.14. The predicted octanol–water partition coefficient (Wildman–Crippen LogP) is 11.0. The van der Waals surface area contributed by atoms with Gasteiger partial charge in [-0.1, -0.05) is 168 Å². The molecule has 0 aromatic carbocycles. The number of hydrogen-bond acceptors (Lipinski definition) is 6. The van der Waals surface area contributed by atoms with Gasteiger partial charge in [-0.25, -0.2) is 0 Å². The van der Waals surface area contributed by atoms with Crippen LogP contribution in [-0.2, 0) is 28.5 Å². The standard InChI is InChI=1S/C37H72O6/c1-4-6-8-10-12-14-16-18-20-22-24-26-28-30-36(38)41-32-35(43-34-40-3)33-42-37(39)31-29-27-25-23-21-19-17-15-13-11-9-7-5-2/h35H,4-34H2,1-3H3. The fraction of sp³-hybridized carbons (Fsp3) is 0.946. The maximum atomic E-state index is 12.2. The SMILES string of the molecule is CCCCCCCCCCCCCCCC(=O)OCC(COC(=O)CCCCCCCCCCCCCCC)OCOC. The smallest absolute Gasteiger partial charge is 0.305 e. The molecular formula is C37H72O6. The van der Waals surface area contributed by atoms with E-state index in [0.29, 0.717) is 12.8 Å². The van der Waals surface area contributed by atoms with E-state index >= 15 is 0 Å². The number of hydrogen-bond donors (Lipinski definition) is 0. The van der Waals surface area contributed by atoms with Gasteiger partial charge in [0.25, 0.3) is 0 Å². The first-order chi connectivity index (χ1) is 21.1. The number of carbonyl (C=O) groups is 2. The Morgan fingerprint density at radius 1 is 0.442 bits per heavy atom. The average Bonchev–Trinajstić information content (AvgIpc) is 3.01. The van der Waals surface area contributed by atoms with Gasteiger partial charge in [-0.3, -0.25) is 9.59 Å². The number of carbonyl (C=O) groups excluding carboxylic acids is 2. The zero-order chi connectivity index (χ0) is 31.5. The lowest BCUT2D eigenvalue weighted by molar-refractivity contribution is -0.162. The van der Waals surface area contributed by atoms with Crippen molar-refractivity contribution in [2.45, 2.75) is 200 Å². The fourth-order valence-electron chi connectivity index (χ4n) is 5.40. The van der Waals surface area contributed by atoms with Crippen molar-refractivity contribution >= 4 is 11.9 Å². The van der Waals surface area contributed by atoms with Crippen LogP contribution in [0.1, 0.15) is 194 Å². The molecule has 0 rings (SSSR count). The summed E-state index contributed by atoms with van der Waals surface area (Å²) in [6, 6.07) is 0. The highest BCUT2D eigenvalue weighted by atomic mass is 16.7. The summed E-state index contributed by atoms with van der Waals surface area (Å²) in [6.45, 7) is 4.75. The molecule has 0 amide bonds. The summed E-state index contributed by atoms with van der Waals surface area (Å²) in [5, 5.41) is 0. The third kappa shape index (κ3) is 33.6. The van der Waals surface area contributed by atoms with E-state index in [1.165, 1.54) is 141 Å². The molecule has 6 heteroatoms. The Bertz CT molecular complexity index is 535. The second kappa shape index (κ2) is 35.3. The molecule has 0 fully saturated rings. The number of rotatable bonds is 35. The normalized spacial score (nSPS) is 11.3. The Balaban J connectivity index is 3.71. The highest BCUT2D eigenvalue weighted by Gasteiger charge is 2.15. The van der Waals surface area contributed by atoms with Gasteiger partial charge < -0.3 is 18.9 Å². The lowest BCUT2D eigenvalue weighted by atomic mass is 10.0. The maximum Gasteiger partial charge on any atom is 0.305 e. The number of esters is 2. The molecule has 0 radical (unpaired) electrons. The van der Waals surface area contributed by atoms with E-state index in [2.05, 4.69) is 13.8 Å². The van der Waals surface area contributed by atoms with Gasteiger partial charge in [0, 0.05) is 20.0 Å². The van der Waals surface area contributed by atoms with E-state index in [1.807, 2.05) is 0 Å². The fourth-order valence-corrected chi connectivity index (χ4v) is 5.40. The second-order valence-corrected chi connectivity index (χ2v) is 12.5. The molecule has 6 nitrogen and oxygen atoms in total. The van der Waals surface area contributed by atoms with Crippen molar-refractivity contribution in [1.29, 1.82) is 0 Å². The first-order valence-electron chi connectivity index (χ1n) is 18.6. The van der Waals surface area contributed by atoms with Crippen molar-refractivity contribution in [2.24, 2.45) is 0 Å². The number of methoxy groups -OCH3 is 1. The van der Waals surface area contributed by atoms with E-state index in [-0.39, 0.29) is 31.9 Å². The van der Waals surface area contributed by atoms with Gasteiger partial charge in [0.2, 0.25) is 0 Å². The highest BCUT2D eigenvalue weighted by Crippen LogP contribution is 2.15. The summed E-state index contributed by atoms with van der Waals surface area (Å²) in [5.41, 5.74) is 0. The minimum atomic E-state index is -0.508. The molecular weight excluding hydrogens is 540 g/mol. The van der Waals surface area contributed by atoms with Crippen LogP contribution in [0.4, 0.5) is 0 Å². The Morgan fingerprint density at radius 3 is 1.00 bits per heavy atom. The molecule has 0 aliphatic heterocycles. The molecule has 0 aliphatic carbocycles. The summed E-state index contributed by atoms with van der Waals surface area (Å²) in [4.78, 5) is 24.4. The van der Waals surface area contributed by atoms with Crippen LogP contribution >= 0.6 is 0 Å². The topological polar surface area (TPSA) is 71.1 Å². The van der Waals surface area contributed by atoms with Gasteiger partial charge in [-0.05, 0) is 12.8 Å². The highest BCUT2D eigenvalue weighted by molar-refractivity contribution is 5.69. The minimum absolute atomic E-state index is 0.0669. The lowest BCUT2D eigenvalue weighted by Gasteiger charge is -2.17. The molecule has 0 unspecified atom stereocenters. The first-order valence-corrected chi connectivity index (χ1v) is 18.6. The zero-order valence-electron chi connectivity index (χ0n) is 28.9. The van der Waals surface area contributed by atoms with Crippen molar-refractivity contribution in [3.05, 3.63) is 0 Å². The summed E-state index contributed by atoms with van der Waals surface area (Å²) in [5.74, 6) is -0.431. The van der Waals surface area contributed by atoms with Crippen LogP contribution in [0.2, 0.25) is 0 Å². The first kappa shape index (κ1) is 41.9. The van der Waals surface area contributed by atoms with Crippen molar-refractivity contribution < 1.29 is 28.5 Å². The van der Waals surface area contributed by atoms with Crippen molar-refractivity contribution in [1.82, 2.24) is 0 Å². The van der Waals surface area contributed by atoms with Crippen LogP contribution in [0.3, 0.4) is 0 Å². The van der Waals surface area contributed by atoms with Gasteiger partial charge in [0.15, 0.2) is 0 Å². The molecule has 0 heterocycles. The van der Waals surface area contributed by atoms with E-state index in [0.717, 1.165) is 25.7 Å². The Labute approximate surface area is 267 Å². The number of ether oxygens (including phenoxy) is 4. The van der Waals surface area contributed by atoms with E-state index in [4.69, 9.17) is 18.9 Å². The third-order valence-electron chi connectivity index (χ3n) is 8.25. The molecule has 0 saturated carbocycles. The third-order valence-corrected chi connectivity index (χ3v) is 8.25.